The molecule has 0 saturated heterocycles. The Kier molecular flexibility index (Phi) is 8.69. The van der Waals surface area contributed by atoms with Gasteiger partial charge in [-0.05, 0) is 59.7 Å². The van der Waals surface area contributed by atoms with Crippen LogP contribution in [0.4, 0.5) is 9.18 Å². The summed E-state index contributed by atoms with van der Waals surface area (Å²) in [5, 5.41) is 9.99. The Balaban J connectivity index is 1.71. The molecule has 3 aromatic carbocycles. The molecule has 4 aromatic rings. The molecule has 40 heavy (non-hydrogen) atoms. The molecule has 1 heterocycles. The first-order valence-electron chi connectivity index (χ1n) is 11.7. The number of amides is 1. The lowest BCUT2D eigenvalue weighted by Gasteiger charge is -2.28. The molecule has 0 unspecified atom stereocenters. The van der Waals surface area contributed by atoms with Crippen molar-refractivity contribution in [3.05, 3.63) is 99.5 Å². The van der Waals surface area contributed by atoms with Gasteiger partial charge in [-0.1, -0.05) is 60.9 Å². The van der Waals surface area contributed by atoms with E-state index in [2.05, 4.69) is 4.98 Å². The highest BCUT2D eigenvalue weighted by atomic mass is 35.5. The van der Waals surface area contributed by atoms with Crippen LogP contribution in [-0.4, -0.2) is 36.3 Å². The number of rotatable bonds is 9. The topological polar surface area (TPSA) is 111 Å². The Labute approximate surface area is 245 Å². The molecule has 8 nitrogen and oxygen atoms in total. The van der Waals surface area contributed by atoms with Gasteiger partial charge in [0.15, 0.2) is 5.16 Å². The van der Waals surface area contributed by atoms with Crippen LogP contribution in [0.25, 0.3) is 5.69 Å². The Morgan fingerprint density at radius 3 is 2.40 bits per heavy atom. The van der Waals surface area contributed by atoms with Crippen LogP contribution in [-0.2, 0) is 21.2 Å². The highest BCUT2D eigenvalue weighted by Gasteiger charge is 2.30. The fourth-order valence-corrected chi connectivity index (χ4v) is 6.56. The van der Waals surface area contributed by atoms with Crippen LogP contribution in [0.5, 0.6) is 5.75 Å². The minimum Gasteiger partial charge on any atom is -0.495 e. The molecule has 0 saturated carbocycles. The number of hydrogen-bond donors (Lipinski definition) is 2. The summed E-state index contributed by atoms with van der Waals surface area (Å²) in [7, 11) is -2.72. The van der Waals surface area contributed by atoms with E-state index in [0.29, 0.717) is 32.9 Å². The van der Waals surface area contributed by atoms with Crippen molar-refractivity contribution in [1.29, 1.82) is 0 Å². The van der Waals surface area contributed by atoms with E-state index in [0.717, 1.165) is 11.3 Å². The minimum atomic E-state index is -4.26. The molecular weight excluding hydrogens is 600 g/mol. The Morgan fingerprint density at radius 2 is 1.80 bits per heavy atom. The molecule has 0 radical (unpaired) electrons. The Bertz CT molecular complexity index is 1680. The van der Waals surface area contributed by atoms with Crippen LogP contribution in [0.2, 0.25) is 10.0 Å². The first-order chi connectivity index (χ1) is 18.8. The normalized spacial score (nSPS) is 11.8. The number of carboxylic acid groups (broad SMARTS) is 1. The van der Waals surface area contributed by atoms with Crippen molar-refractivity contribution in [2.24, 2.45) is 0 Å². The van der Waals surface area contributed by atoms with Gasteiger partial charge in [0.1, 0.15) is 11.6 Å². The zero-order valence-corrected chi connectivity index (χ0v) is 24.6. The van der Waals surface area contributed by atoms with Crippen molar-refractivity contribution in [3.63, 3.8) is 0 Å². The predicted octanol–water partition coefficient (Wildman–Crippen LogP) is 6.90. The number of methoxy groups -OCH3 is 1. The van der Waals surface area contributed by atoms with Crippen molar-refractivity contribution < 1.29 is 27.4 Å². The van der Waals surface area contributed by atoms with E-state index in [9.17, 15) is 17.6 Å². The summed E-state index contributed by atoms with van der Waals surface area (Å²) in [5.74, 6) is 0.497. The molecule has 13 heteroatoms. The summed E-state index contributed by atoms with van der Waals surface area (Å²) in [6.45, 7) is 4.05. The Hall–Kier alpha value is -3.25. The van der Waals surface area contributed by atoms with Crippen molar-refractivity contribution in [3.8, 4) is 11.4 Å². The third-order valence-corrected chi connectivity index (χ3v) is 9.21. The van der Waals surface area contributed by atoms with Gasteiger partial charge >= 0.3 is 6.09 Å². The van der Waals surface area contributed by atoms with Gasteiger partial charge in [0, 0.05) is 21.9 Å². The van der Waals surface area contributed by atoms with Crippen molar-refractivity contribution >= 4 is 51.1 Å². The smallest absolute Gasteiger partial charge is 0.418 e. The monoisotopic (exact) mass is 623 g/mol. The maximum absolute atomic E-state index is 13.8. The largest absolute Gasteiger partial charge is 0.495 e. The lowest BCUT2D eigenvalue weighted by Crippen LogP contribution is -2.28. The van der Waals surface area contributed by atoms with E-state index in [-0.39, 0.29) is 15.7 Å². The first kappa shape index (κ1) is 29.7. The van der Waals surface area contributed by atoms with Gasteiger partial charge in [0.2, 0.25) is 0 Å². The quantitative estimate of drug-likeness (QED) is 0.195. The van der Waals surface area contributed by atoms with Gasteiger partial charge in [0.05, 0.1) is 28.9 Å². The third-order valence-electron chi connectivity index (χ3n) is 6.24. The van der Waals surface area contributed by atoms with E-state index in [1.807, 2.05) is 30.5 Å². The molecule has 0 bridgehead atoms. The first-order valence-corrected chi connectivity index (χ1v) is 14.9. The second kappa shape index (κ2) is 11.7. The summed E-state index contributed by atoms with van der Waals surface area (Å²) < 4.78 is 46.8. The van der Waals surface area contributed by atoms with E-state index in [4.69, 9.17) is 33.0 Å². The number of halogens is 3. The molecular formula is C27H24Cl2FN3O5S2. The lowest BCUT2D eigenvalue weighted by atomic mass is 9.81. The predicted molar refractivity (Wildman–Crippen MR) is 153 cm³/mol. The second-order valence-electron chi connectivity index (χ2n) is 9.16. The number of aromatic nitrogens is 2. The minimum absolute atomic E-state index is 0.147. The molecule has 0 spiro atoms. The molecule has 210 valence electrons. The summed E-state index contributed by atoms with van der Waals surface area (Å²) in [6.07, 6.45) is 0.0533. The molecule has 4 rings (SSSR count). The van der Waals surface area contributed by atoms with E-state index in [1.165, 1.54) is 46.8 Å². The van der Waals surface area contributed by atoms with Crippen LogP contribution in [0.3, 0.4) is 0 Å². The summed E-state index contributed by atoms with van der Waals surface area (Å²) in [6, 6.07) is 15.6. The molecule has 0 atom stereocenters. The van der Waals surface area contributed by atoms with Crippen molar-refractivity contribution in [1.82, 2.24) is 14.3 Å². The fraction of sp³-hybridized carbons (Fsp3) is 0.185. The number of carbonyl (C=O) groups is 1. The number of ether oxygens (including phenoxy) is 1. The van der Waals surface area contributed by atoms with Crippen LogP contribution in [0.15, 0.2) is 76.9 Å². The van der Waals surface area contributed by atoms with E-state index in [1.54, 1.807) is 31.5 Å². The van der Waals surface area contributed by atoms with Gasteiger partial charge in [-0.15, -0.1) is 0 Å². The van der Waals surface area contributed by atoms with Gasteiger partial charge in [-0.3, -0.25) is 4.57 Å². The van der Waals surface area contributed by atoms with Crippen molar-refractivity contribution in [2.75, 3.05) is 7.11 Å². The molecule has 0 aliphatic rings. The number of sulfonamides is 1. The van der Waals surface area contributed by atoms with Crippen LogP contribution < -0.4 is 9.46 Å². The van der Waals surface area contributed by atoms with E-state index >= 15 is 0 Å². The Morgan fingerprint density at radius 1 is 1.10 bits per heavy atom. The van der Waals surface area contributed by atoms with Gasteiger partial charge < -0.3 is 9.84 Å². The average Bonchev–Trinajstić information content (AvgIpc) is 3.32. The number of hydrogen-bond acceptors (Lipinski definition) is 6. The summed E-state index contributed by atoms with van der Waals surface area (Å²) in [4.78, 5) is 15.2. The number of thioether (sulfide) groups is 1. The molecule has 0 aliphatic heterocycles. The summed E-state index contributed by atoms with van der Waals surface area (Å²) >= 11 is 14.1. The van der Waals surface area contributed by atoms with Crippen LogP contribution in [0.1, 0.15) is 30.7 Å². The maximum atomic E-state index is 13.8. The van der Waals surface area contributed by atoms with E-state index < -0.39 is 21.5 Å². The number of nitrogens with one attached hydrogen (secondary N) is 1. The molecule has 0 fully saturated rings. The van der Waals surface area contributed by atoms with Gasteiger partial charge in [-0.25, -0.2) is 27.3 Å². The molecule has 1 amide bonds. The van der Waals surface area contributed by atoms with Gasteiger partial charge in [-0.2, -0.15) is 0 Å². The summed E-state index contributed by atoms with van der Waals surface area (Å²) in [5.41, 5.74) is 2.44. The number of nitrogens with zero attached hydrogens (tertiary/aromatic N) is 2. The number of benzene rings is 3. The highest BCUT2D eigenvalue weighted by molar-refractivity contribution is 7.98. The maximum Gasteiger partial charge on any atom is 0.418 e. The zero-order chi connectivity index (χ0) is 29.2. The zero-order valence-electron chi connectivity index (χ0n) is 21.5. The molecule has 2 N–H and O–H groups in total. The average molecular weight is 625 g/mol. The second-order valence-corrected chi connectivity index (χ2v) is 12.6. The van der Waals surface area contributed by atoms with Crippen molar-refractivity contribution in [2.45, 2.75) is 35.1 Å². The molecule has 1 aromatic heterocycles. The fourth-order valence-electron chi connectivity index (χ4n) is 4.05. The van der Waals surface area contributed by atoms with Crippen LogP contribution >= 0.6 is 35.0 Å². The SMILES string of the molecule is COc1ccc(C(C)(C)c2cnc(SCc3ccc(S(=O)(=O)NC(=O)O)cc3Cl)n2-c2ccc(F)cc2)cc1Cl. The van der Waals surface area contributed by atoms with Gasteiger partial charge in [0.25, 0.3) is 10.0 Å². The highest BCUT2D eigenvalue weighted by Crippen LogP contribution is 2.39. The number of imidazole rings is 1. The standard InChI is InChI=1S/C27H24Cl2FN3O5S2/c1-27(2,17-5-11-23(38-3)22(29)12-17)24-14-31-25(33(24)19-8-6-18(30)7-9-19)39-15-16-4-10-20(13-21(16)28)40(36,37)32-26(34)35/h4-14,32H,15H2,1-3H3,(H,34,35). The third kappa shape index (κ3) is 6.22. The van der Waals surface area contributed by atoms with Crippen LogP contribution in [0, 0.1) is 5.82 Å². The lowest BCUT2D eigenvalue weighted by molar-refractivity contribution is 0.201. The molecule has 0 aliphatic carbocycles.